The van der Waals surface area contributed by atoms with Gasteiger partial charge in [0.1, 0.15) is 0 Å². The van der Waals surface area contributed by atoms with Gasteiger partial charge in [-0.15, -0.1) is 11.3 Å². The van der Waals surface area contributed by atoms with Gasteiger partial charge >= 0.3 is 0 Å². The number of rotatable bonds is 5. The van der Waals surface area contributed by atoms with Crippen LogP contribution in [0.15, 0.2) is 12.1 Å². The predicted octanol–water partition coefficient (Wildman–Crippen LogP) is 2.31. The van der Waals surface area contributed by atoms with Crippen LogP contribution in [0, 0.1) is 0 Å². The summed E-state index contributed by atoms with van der Waals surface area (Å²) < 4.78 is 0.775. The first-order valence-corrected chi connectivity index (χ1v) is 6.87. The summed E-state index contributed by atoms with van der Waals surface area (Å²) in [7, 11) is 5.55. The summed E-state index contributed by atoms with van der Waals surface area (Å²) in [5.74, 6) is 1.67. The lowest BCUT2D eigenvalue weighted by molar-refractivity contribution is 0.947. The van der Waals surface area contributed by atoms with E-state index in [-0.39, 0.29) is 0 Å². The highest BCUT2D eigenvalue weighted by Gasteiger charge is 2.07. The van der Waals surface area contributed by atoms with Crippen LogP contribution >= 0.6 is 22.9 Å². The van der Waals surface area contributed by atoms with Gasteiger partial charge < -0.3 is 15.5 Å². The fraction of sp³-hybridized carbons (Fsp3) is 0.364. The third-order valence-corrected chi connectivity index (χ3v) is 3.53. The molecule has 0 spiro atoms. The fourth-order valence-electron chi connectivity index (χ4n) is 1.37. The molecule has 2 aromatic rings. The van der Waals surface area contributed by atoms with Gasteiger partial charge in [-0.1, -0.05) is 11.6 Å². The van der Waals surface area contributed by atoms with Crippen LogP contribution in [-0.4, -0.2) is 36.1 Å². The van der Waals surface area contributed by atoms with E-state index in [4.69, 9.17) is 11.6 Å². The largest absolute Gasteiger partial charge is 0.357 e. The number of anilines is 3. The van der Waals surface area contributed by atoms with Gasteiger partial charge in [-0.2, -0.15) is 15.0 Å². The Kier molecular flexibility index (Phi) is 4.39. The minimum Gasteiger partial charge on any atom is -0.357 e. The summed E-state index contributed by atoms with van der Waals surface area (Å²) in [6.07, 6.45) is 0. The normalized spacial score (nSPS) is 10.3. The van der Waals surface area contributed by atoms with E-state index in [9.17, 15) is 0 Å². The Morgan fingerprint density at radius 3 is 2.53 bits per heavy atom. The maximum Gasteiger partial charge on any atom is 0.231 e. The average molecular weight is 299 g/mol. The van der Waals surface area contributed by atoms with Gasteiger partial charge in [-0.05, 0) is 12.1 Å². The molecular formula is C11H15ClN6S. The summed E-state index contributed by atoms with van der Waals surface area (Å²) in [6.45, 7) is 0.636. The van der Waals surface area contributed by atoms with E-state index in [1.807, 2.05) is 31.1 Å². The molecule has 0 bridgehead atoms. The molecule has 0 aliphatic heterocycles. The van der Waals surface area contributed by atoms with E-state index in [2.05, 4.69) is 25.6 Å². The first kappa shape index (κ1) is 13.8. The number of halogens is 1. The third-order valence-electron chi connectivity index (χ3n) is 2.30. The zero-order valence-corrected chi connectivity index (χ0v) is 12.5. The predicted molar refractivity (Wildman–Crippen MR) is 80.4 cm³/mol. The van der Waals surface area contributed by atoms with Gasteiger partial charge in [0.25, 0.3) is 0 Å². The highest BCUT2D eigenvalue weighted by atomic mass is 35.5. The molecule has 0 aliphatic carbocycles. The summed E-state index contributed by atoms with van der Waals surface area (Å²) in [5.41, 5.74) is 0. The van der Waals surface area contributed by atoms with Crippen molar-refractivity contribution in [3.63, 3.8) is 0 Å². The standard InChI is InChI=1S/C11H15ClN6S/c1-13-9-15-10(17-11(16-9)18(2)3)14-6-7-4-5-8(12)19-7/h4-5H,6H2,1-3H3,(H2,13,14,15,16,17). The Labute approximate surface area is 120 Å². The maximum absolute atomic E-state index is 5.89. The lowest BCUT2D eigenvalue weighted by Crippen LogP contribution is -2.16. The molecule has 0 aromatic carbocycles. The number of nitrogens with zero attached hydrogens (tertiary/aromatic N) is 4. The first-order valence-electron chi connectivity index (χ1n) is 5.67. The molecule has 0 fully saturated rings. The number of hydrogen-bond acceptors (Lipinski definition) is 7. The molecule has 8 heteroatoms. The van der Waals surface area contributed by atoms with Gasteiger partial charge in [-0.3, -0.25) is 0 Å². The molecule has 6 nitrogen and oxygen atoms in total. The lowest BCUT2D eigenvalue weighted by atomic mass is 10.5. The zero-order valence-electron chi connectivity index (χ0n) is 10.9. The number of nitrogens with one attached hydrogen (secondary N) is 2. The second-order valence-electron chi connectivity index (χ2n) is 3.99. The summed E-state index contributed by atoms with van der Waals surface area (Å²) in [5, 5.41) is 6.08. The summed E-state index contributed by atoms with van der Waals surface area (Å²) in [4.78, 5) is 15.8. The van der Waals surface area contributed by atoms with Crippen LogP contribution < -0.4 is 15.5 Å². The molecule has 19 heavy (non-hydrogen) atoms. The van der Waals surface area contributed by atoms with Gasteiger partial charge in [0, 0.05) is 26.0 Å². The molecule has 0 saturated heterocycles. The molecule has 0 saturated carbocycles. The van der Waals surface area contributed by atoms with Gasteiger partial charge in [0.15, 0.2) is 0 Å². The van der Waals surface area contributed by atoms with E-state index in [0.29, 0.717) is 24.4 Å². The van der Waals surface area contributed by atoms with Crippen molar-refractivity contribution < 1.29 is 0 Å². The van der Waals surface area contributed by atoms with Crippen molar-refractivity contribution in [3.8, 4) is 0 Å². The van der Waals surface area contributed by atoms with E-state index >= 15 is 0 Å². The number of hydrogen-bond donors (Lipinski definition) is 2. The van der Waals surface area contributed by atoms with E-state index in [0.717, 1.165) is 9.21 Å². The average Bonchev–Trinajstić information content (AvgIpc) is 2.81. The molecule has 2 heterocycles. The fourth-order valence-corrected chi connectivity index (χ4v) is 2.40. The van der Waals surface area contributed by atoms with Crippen molar-refractivity contribution in [1.82, 2.24) is 15.0 Å². The maximum atomic E-state index is 5.89. The van der Waals surface area contributed by atoms with Crippen molar-refractivity contribution in [2.75, 3.05) is 36.7 Å². The van der Waals surface area contributed by atoms with Crippen LogP contribution in [0.4, 0.5) is 17.8 Å². The van der Waals surface area contributed by atoms with Crippen LogP contribution in [-0.2, 0) is 6.54 Å². The minimum atomic E-state index is 0.533. The molecule has 2 aromatic heterocycles. The Balaban J connectivity index is 2.12. The topological polar surface area (TPSA) is 66.0 Å². The zero-order chi connectivity index (χ0) is 13.8. The molecule has 0 atom stereocenters. The Bertz CT molecular complexity index is 556. The van der Waals surface area contributed by atoms with Crippen molar-refractivity contribution >= 4 is 40.8 Å². The van der Waals surface area contributed by atoms with Crippen LogP contribution in [0.2, 0.25) is 4.34 Å². The smallest absolute Gasteiger partial charge is 0.231 e. The van der Waals surface area contributed by atoms with Gasteiger partial charge in [-0.25, -0.2) is 0 Å². The third kappa shape index (κ3) is 3.68. The van der Waals surface area contributed by atoms with E-state index in [1.54, 1.807) is 7.05 Å². The molecule has 0 aliphatic rings. The highest BCUT2D eigenvalue weighted by Crippen LogP contribution is 2.22. The first-order chi connectivity index (χ1) is 9.08. The van der Waals surface area contributed by atoms with Crippen molar-refractivity contribution in [3.05, 3.63) is 21.3 Å². The van der Waals surface area contributed by atoms with Crippen LogP contribution in [0.5, 0.6) is 0 Å². The second-order valence-corrected chi connectivity index (χ2v) is 5.79. The van der Waals surface area contributed by atoms with Crippen LogP contribution in [0.3, 0.4) is 0 Å². The van der Waals surface area contributed by atoms with Crippen molar-refractivity contribution in [2.24, 2.45) is 0 Å². The lowest BCUT2D eigenvalue weighted by Gasteiger charge is -2.12. The summed E-state index contributed by atoms with van der Waals surface area (Å²) in [6, 6.07) is 3.86. The Morgan fingerprint density at radius 1 is 1.21 bits per heavy atom. The van der Waals surface area contributed by atoms with Crippen molar-refractivity contribution in [2.45, 2.75) is 6.54 Å². The molecule has 0 radical (unpaired) electrons. The Morgan fingerprint density at radius 2 is 1.95 bits per heavy atom. The molecule has 0 amide bonds. The quantitative estimate of drug-likeness (QED) is 0.883. The van der Waals surface area contributed by atoms with Crippen molar-refractivity contribution in [1.29, 1.82) is 0 Å². The molecule has 2 rings (SSSR count). The van der Waals surface area contributed by atoms with E-state index < -0.39 is 0 Å². The van der Waals surface area contributed by atoms with Crippen LogP contribution in [0.1, 0.15) is 4.88 Å². The van der Waals surface area contributed by atoms with Gasteiger partial charge in [0.2, 0.25) is 17.8 Å². The monoisotopic (exact) mass is 298 g/mol. The highest BCUT2D eigenvalue weighted by molar-refractivity contribution is 7.16. The second kappa shape index (κ2) is 6.03. The SMILES string of the molecule is CNc1nc(NCc2ccc(Cl)s2)nc(N(C)C)n1. The van der Waals surface area contributed by atoms with Crippen LogP contribution in [0.25, 0.3) is 0 Å². The number of aromatic nitrogens is 3. The Hall–Kier alpha value is -1.60. The molecular weight excluding hydrogens is 284 g/mol. The molecule has 102 valence electrons. The number of thiophene rings is 1. The molecule has 0 unspecified atom stereocenters. The van der Waals surface area contributed by atoms with E-state index in [1.165, 1.54) is 11.3 Å². The summed E-state index contributed by atoms with van der Waals surface area (Å²) >= 11 is 7.42. The minimum absolute atomic E-state index is 0.533. The molecule has 2 N–H and O–H groups in total. The van der Waals surface area contributed by atoms with Gasteiger partial charge in [0.05, 0.1) is 10.9 Å².